The van der Waals surface area contributed by atoms with Crippen LogP contribution in [0.25, 0.3) is 0 Å². The van der Waals surface area contributed by atoms with Gasteiger partial charge in [0.15, 0.2) is 0 Å². The molecule has 1 aliphatic heterocycles. The van der Waals surface area contributed by atoms with E-state index >= 15 is 0 Å². The lowest BCUT2D eigenvalue weighted by atomic mass is 10.1. The van der Waals surface area contributed by atoms with Crippen LogP contribution in [0.5, 0.6) is 0 Å². The first kappa shape index (κ1) is 11.4. The van der Waals surface area contributed by atoms with Gasteiger partial charge in [0.25, 0.3) is 0 Å². The molecule has 1 aliphatic rings. The molecule has 17 heavy (non-hydrogen) atoms. The molecule has 0 aliphatic carbocycles. The van der Waals surface area contributed by atoms with E-state index in [1.165, 1.54) is 0 Å². The van der Waals surface area contributed by atoms with Crippen LogP contribution in [0.3, 0.4) is 0 Å². The van der Waals surface area contributed by atoms with E-state index in [-0.39, 0.29) is 5.84 Å². The Balaban J connectivity index is 2.39. The van der Waals surface area contributed by atoms with Crippen molar-refractivity contribution >= 4 is 17.5 Å². The number of hydrogen-bond donors (Lipinski definition) is 3. The fourth-order valence-corrected chi connectivity index (χ4v) is 2.26. The van der Waals surface area contributed by atoms with Crippen LogP contribution in [0.1, 0.15) is 18.4 Å². The smallest absolute Gasteiger partial charge is 0.326 e. The van der Waals surface area contributed by atoms with Gasteiger partial charge in [-0.05, 0) is 25.0 Å². The maximum absolute atomic E-state index is 11.1. The number of nitrogens with one attached hydrogen (secondary N) is 1. The van der Waals surface area contributed by atoms with Gasteiger partial charge >= 0.3 is 5.97 Å². The molecule has 90 valence electrons. The van der Waals surface area contributed by atoms with Gasteiger partial charge in [0, 0.05) is 17.8 Å². The number of benzene rings is 1. The van der Waals surface area contributed by atoms with E-state index in [1.807, 2.05) is 17.0 Å². The van der Waals surface area contributed by atoms with E-state index in [2.05, 4.69) is 0 Å². The minimum Gasteiger partial charge on any atom is -0.480 e. The molecular formula is C12H15N3O2. The molecule has 0 bridgehead atoms. The van der Waals surface area contributed by atoms with E-state index in [4.69, 9.17) is 16.2 Å². The van der Waals surface area contributed by atoms with Crippen LogP contribution in [0.15, 0.2) is 24.3 Å². The van der Waals surface area contributed by atoms with Gasteiger partial charge < -0.3 is 15.7 Å². The molecule has 0 aromatic heterocycles. The van der Waals surface area contributed by atoms with Crippen LogP contribution >= 0.6 is 0 Å². The van der Waals surface area contributed by atoms with E-state index in [0.717, 1.165) is 12.1 Å². The first-order valence-corrected chi connectivity index (χ1v) is 5.54. The maximum Gasteiger partial charge on any atom is 0.326 e. The maximum atomic E-state index is 11.1. The van der Waals surface area contributed by atoms with Gasteiger partial charge in [0.1, 0.15) is 11.9 Å². The second-order valence-electron chi connectivity index (χ2n) is 4.12. The van der Waals surface area contributed by atoms with Crippen molar-refractivity contribution in [2.24, 2.45) is 5.73 Å². The molecule has 1 atom stereocenters. The average molecular weight is 233 g/mol. The van der Waals surface area contributed by atoms with Crippen molar-refractivity contribution in [3.05, 3.63) is 29.8 Å². The summed E-state index contributed by atoms with van der Waals surface area (Å²) >= 11 is 0. The zero-order valence-electron chi connectivity index (χ0n) is 9.39. The van der Waals surface area contributed by atoms with E-state index in [9.17, 15) is 4.79 Å². The Hall–Kier alpha value is -2.04. The quantitative estimate of drug-likeness (QED) is 0.537. The van der Waals surface area contributed by atoms with Crippen LogP contribution in [0, 0.1) is 5.41 Å². The topological polar surface area (TPSA) is 90.4 Å². The molecule has 0 radical (unpaired) electrons. The normalized spacial score (nSPS) is 19.3. The van der Waals surface area contributed by atoms with E-state index in [1.54, 1.807) is 12.1 Å². The third-order valence-corrected chi connectivity index (χ3v) is 3.04. The number of hydrogen-bond acceptors (Lipinski definition) is 3. The summed E-state index contributed by atoms with van der Waals surface area (Å²) < 4.78 is 0. The zero-order chi connectivity index (χ0) is 12.4. The second kappa shape index (κ2) is 4.45. The molecule has 1 aromatic rings. The van der Waals surface area contributed by atoms with Crippen molar-refractivity contribution < 1.29 is 9.90 Å². The molecule has 0 saturated carbocycles. The number of carboxylic acids is 1. The van der Waals surface area contributed by atoms with E-state index < -0.39 is 12.0 Å². The lowest BCUT2D eigenvalue weighted by Gasteiger charge is -2.25. The minimum atomic E-state index is -0.819. The number of nitrogens with zero attached hydrogens (tertiary/aromatic N) is 1. The van der Waals surface area contributed by atoms with Gasteiger partial charge in [-0.3, -0.25) is 5.41 Å². The van der Waals surface area contributed by atoms with Crippen molar-refractivity contribution in [1.29, 1.82) is 5.41 Å². The van der Waals surface area contributed by atoms with Gasteiger partial charge in [0.2, 0.25) is 0 Å². The molecule has 1 aromatic carbocycles. The predicted molar refractivity (Wildman–Crippen MR) is 65.5 cm³/mol. The molecule has 0 amide bonds. The fourth-order valence-electron chi connectivity index (χ4n) is 2.26. The van der Waals surface area contributed by atoms with Crippen LogP contribution in [-0.2, 0) is 4.79 Å². The number of nitrogen functional groups attached to an aromatic ring is 1. The summed E-state index contributed by atoms with van der Waals surface area (Å²) in [5.41, 5.74) is 6.85. The lowest BCUT2D eigenvalue weighted by Crippen LogP contribution is -2.37. The highest BCUT2D eigenvalue weighted by atomic mass is 16.4. The van der Waals surface area contributed by atoms with Crippen LogP contribution < -0.4 is 10.6 Å². The first-order valence-electron chi connectivity index (χ1n) is 5.54. The number of carboxylic acid groups (broad SMARTS) is 1. The van der Waals surface area contributed by atoms with Crippen molar-refractivity contribution in [2.45, 2.75) is 18.9 Å². The molecule has 1 saturated heterocycles. The molecule has 4 N–H and O–H groups in total. The number of nitrogens with two attached hydrogens (primary N) is 1. The van der Waals surface area contributed by atoms with Crippen molar-refractivity contribution in [2.75, 3.05) is 11.4 Å². The third-order valence-electron chi connectivity index (χ3n) is 3.04. The molecular weight excluding hydrogens is 218 g/mol. The van der Waals surface area contributed by atoms with Crippen molar-refractivity contribution in [1.82, 2.24) is 0 Å². The van der Waals surface area contributed by atoms with Gasteiger partial charge in [-0.2, -0.15) is 0 Å². The Morgan fingerprint density at radius 3 is 2.82 bits per heavy atom. The SMILES string of the molecule is N=C(N)c1ccccc1N1CCCC1C(=O)O. The Kier molecular flexibility index (Phi) is 2.99. The first-order chi connectivity index (χ1) is 8.11. The number of carbonyl (C=O) groups is 1. The monoisotopic (exact) mass is 233 g/mol. The van der Waals surface area contributed by atoms with Gasteiger partial charge in [-0.1, -0.05) is 12.1 Å². The van der Waals surface area contributed by atoms with Gasteiger partial charge in [-0.25, -0.2) is 4.79 Å². The van der Waals surface area contributed by atoms with E-state index in [0.29, 0.717) is 18.5 Å². The molecule has 1 unspecified atom stereocenters. The number of anilines is 1. The molecule has 1 heterocycles. The summed E-state index contributed by atoms with van der Waals surface area (Å²) in [6.07, 6.45) is 1.49. The molecule has 5 heteroatoms. The summed E-state index contributed by atoms with van der Waals surface area (Å²) in [7, 11) is 0. The summed E-state index contributed by atoms with van der Waals surface area (Å²) in [5, 5.41) is 16.7. The highest BCUT2D eigenvalue weighted by Crippen LogP contribution is 2.28. The highest BCUT2D eigenvalue weighted by molar-refractivity contribution is 6.01. The largest absolute Gasteiger partial charge is 0.480 e. The van der Waals surface area contributed by atoms with Crippen molar-refractivity contribution in [3.63, 3.8) is 0 Å². The predicted octanol–water partition coefficient (Wildman–Crippen LogP) is 1.02. The average Bonchev–Trinajstić information content (AvgIpc) is 2.77. The minimum absolute atomic E-state index is 0.0309. The standard InChI is InChI=1S/C12H15N3O2/c13-11(14)8-4-1-2-5-9(8)15-7-3-6-10(15)12(16)17/h1-2,4-5,10H,3,6-7H2,(H3,13,14)(H,16,17). The van der Waals surface area contributed by atoms with Crippen LogP contribution in [-0.4, -0.2) is 29.5 Å². The zero-order valence-corrected chi connectivity index (χ0v) is 9.39. The summed E-state index contributed by atoms with van der Waals surface area (Å²) in [5.74, 6) is -0.850. The molecule has 0 spiro atoms. The van der Waals surface area contributed by atoms with Gasteiger partial charge in [0.05, 0.1) is 0 Å². The molecule has 1 fully saturated rings. The summed E-state index contributed by atoms with van der Waals surface area (Å²) in [6, 6.07) is 6.69. The number of para-hydroxylation sites is 1. The molecule has 5 nitrogen and oxygen atoms in total. The highest BCUT2D eigenvalue weighted by Gasteiger charge is 2.31. The van der Waals surface area contributed by atoms with Crippen LogP contribution in [0.4, 0.5) is 5.69 Å². The van der Waals surface area contributed by atoms with Crippen molar-refractivity contribution in [3.8, 4) is 0 Å². The summed E-state index contributed by atoms with van der Waals surface area (Å²) in [4.78, 5) is 13.0. The van der Waals surface area contributed by atoms with Gasteiger partial charge in [-0.15, -0.1) is 0 Å². The summed E-state index contributed by atoms with van der Waals surface area (Å²) in [6.45, 7) is 0.696. The van der Waals surface area contributed by atoms with Crippen LogP contribution in [0.2, 0.25) is 0 Å². The Labute approximate surface area is 99.4 Å². The second-order valence-corrected chi connectivity index (χ2v) is 4.12. The Morgan fingerprint density at radius 1 is 1.47 bits per heavy atom. The number of amidine groups is 1. The number of rotatable bonds is 3. The Bertz CT molecular complexity index is 459. The third kappa shape index (κ3) is 2.08. The molecule has 2 rings (SSSR count). The Morgan fingerprint density at radius 2 is 2.18 bits per heavy atom. The number of aliphatic carboxylic acids is 1. The fraction of sp³-hybridized carbons (Fsp3) is 0.333. The lowest BCUT2D eigenvalue weighted by molar-refractivity contribution is -0.138.